The van der Waals surface area contributed by atoms with E-state index in [-0.39, 0.29) is 11.4 Å². The number of fused-ring (bicyclic) bond motifs is 1. The highest BCUT2D eigenvalue weighted by Crippen LogP contribution is 2.33. The number of anilines is 1. The maximum Gasteiger partial charge on any atom is 0.228 e. The third kappa shape index (κ3) is 1.06. The second kappa shape index (κ2) is 2.36. The van der Waals surface area contributed by atoms with E-state index in [4.69, 9.17) is 0 Å². The third-order valence-electron chi connectivity index (χ3n) is 3.07. The van der Waals surface area contributed by atoms with Gasteiger partial charge < -0.3 is 10.6 Å². The Hall–Kier alpha value is -1.35. The van der Waals surface area contributed by atoms with Gasteiger partial charge in [-0.05, 0) is 24.1 Å². The van der Waals surface area contributed by atoms with Gasteiger partial charge in [-0.1, -0.05) is 12.1 Å². The quantitative estimate of drug-likeness (QED) is 0.646. The number of hydrogen-bond donors (Lipinski definition) is 2. The van der Waals surface area contributed by atoms with Gasteiger partial charge in [-0.15, -0.1) is 0 Å². The number of nitrogens with one attached hydrogen (secondary N) is 2. The molecule has 3 nitrogen and oxygen atoms in total. The largest absolute Gasteiger partial charge is 0.326 e. The molecule has 3 heteroatoms. The fraction of sp³-hybridized carbons (Fsp3) is 0.364. The predicted octanol–water partition coefficient (Wildman–Crippen LogP) is 1.000. The number of hydrogen-bond acceptors (Lipinski definition) is 2. The average molecular weight is 188 g/mol. The van der Waals surface area contributed by atoms with Crippen LogP contribution in [0.25, 0.3) is 0 Å². The molecule has 0 bridgehead atoms. The molecule has 0 aromatic heterocycles. The lowest BCUT2D eigenvalue weighted by molar-refractivity contribution is -0.115. The van der Waals surface area contributed by atoms with E-state index < -0.39 is 0 Å². The normalized spacial score (nSPS) is 28.5. The highest BCUT2D eigenvalue weighted by Gasteiger charge is 2.38. The molecular formula is C11H12N2O. The van der Waals surface area contributed by atoms with E-state index in [2.05, 4.69) is 29.7 Å². The van der Waals surface area contributed by atoms with Crippen LogP contribution in [0.5, 0.6) is 0 Å². The molecule has 1 fully saturated rings. The second-order valence-corrected chi connectivity index (χ2v) is 4.28. The summed E-state index contributed by atoms with van der Waals surface area (Å²) in [6.45, 7) is 3.21. The Labute approximate surface area is 82.5 Å². The van der Waals surface area contributed by atoms with Crippen LogP contribution < -0.4 is 10.6 Å². The summed E-state index contributed by atoms with van der Waals surface area (Å²) in [6.07, 6.45) is 0.527. The highest BCUT2D eigenvalue weighted by molar-refractivity contribution is 5.99. The van der Waals surface area contributed by atoms with Crippen LogP contribution in [0.4, 0.5) is 5.69 Å². The van der Waals surface area contributed by atoms with Crippen LogP contribution in [-0.4, -0.2) is 12.5 Å². The fourth-order valence-corrected chi connectivity index (χ4v) is 1.91. The van der Waals surface area contributed by atoms with Crippen LogP contribution >= 0.6 is 0 Å². The van der Waals surface area contributed by atoms with Crippen molar-refractivity contribution in [1.82, 2.24) is 5.32 Å². The van der Waals surface area contributed by atoms with E-state index in [9.17, 15) is 4.79 Å². The number of carbonyl (C=O) groups is 1. The Kier molecular flexibility index (Phi) is 1.35. The Morgan fingerprint density at radius 2 is 2.21 bits per heavy atom. The molecule has 1 unspecified atom stereocenters. The lowest BCUT2D eigenvalue weighted by atomic mass is 9.98. The molecule has 1 aromatic rings. The summed E-state index contributed by atoms with van der Waals surface area (Å²) in [5.41, 5.74) is 3.54. The monoisotopic (exact) mass is 188 g/mol. The van der Waals surface area contributed by atoms with Gasteiger partial charge in [0.15, 0.2) is 0 Å². The van der Waals surface area contributed by atoms with Crippen molar-refractivity contribution in [2.24, 2.45) is 0 Å². The maximum atomic E-state index is 11.1. The van der Waals surface area contributed by atoms with Gasteiger partial charge >= 0.3 is 0 Å². The maximum absolute atomic E-state index is 11.1. The lowest BCUT2D eigenvalue weighted by Gasteiger charge is -2.08. The first-order valence-electron chi connectivity index (χ1n) is 4.86. The molecule has 2 aliphatic heterocycles. The molecule has 14 heavy (non-hydrogen) atoms. The van der Waals surface area contributed by atoms with Gasteiger partial charge in [0.05, 0.1) is 12.0 Å². The van der Waals surface area contributed by atoms with Crippen LogP contribution in [0.15, 0.2) is 18.2 Å². The van der Waals surface area contributed by atoms with Gasteiger partial charge in [-0.3, -0.25) is 4.79 Å². The number of carbonyl (C=O) groups excluding carboxylic acids is 1. The van der Waals surface area contributed by atoms with Gasteiger partial charge in [0.2, 0.25) is 5.91 Å². The number of rotatable bonds is 1. The Bertz CT molecular complexity index is 421. The zero-order chi connectivity index (χ0) is 9.76. The van der Waals surface area contributed by atoms with Gasteiger partial charge in [-0.2, -0.15) is 0 Å². The molecule has 2 N–H and O–H groups in total. The Morgan fingerprint density at radius 3 is 2.93 bits per heavy atom. The van der Waals surface area contributed by atoms with Gasteiger partial charge in [0.1, 0.15) is 0 Å². The SMILES string of the molecule is CC1(c2ccc3c(c2)CC(=O)N3)CN1. The van der Waals surface area contributed by atoms with E-state index in [1.54, 1.807) is 0 Å². The fourth-order valence-electron chi connectivity index (χ4n) is 1.91. The van der Waals surface area contributed by atoms with Crippen molar-refractivity contribution in [3.63, 3.8) is 0 Å². The van der Waals surface area contributed by atoms with E-state index in [1.807, 2.05) is 6.07 Å². The zero-order valence-corrected chi connectivity index (χ0v) is 8.05. The minimum Gasteiger partial charge on any atom is -0.326 e. The lowest BCUT2D eigenvalue weighted by Crippen LogP contribution is -2.06. The first kappa shape index (κ1) is 8.00. The predicted molar refractivity (Wildman–Crippen MR) is 54.1 cm³/mol. The minimum atomic E-state index is 0.103. The topological polar surface area (TPSA) is 51.0 Å². The molecule has 2 aliphatic rings. The van der Waals surface area contributed by atoms with Crippen molar-refractivity contribution in [1.29, 1.82) is 0 Å². The van der Waals surface area contributed by atoms with Crippen LogP contribution in [0, 0.1) is 0 Å². The second-order valence-electron chi connectivity index (χ2n) is 4.28. The van der Waals surface area contributed by atoms with Crippen LogP contribution in [0.3, 0.4) is 0 Å². The zero-order valence-electron chi connectivity index (χ0n) is 8.05. The molecule has 0 radical (unpaired) electrons. The molecule has 0 saturated carbocycles. The van der Waals surface area contributed by atoms with Crippen LogP contribution in [-0.2, 0) is 16.8 Å². The average Bonchev–Trinajstić information content (AvgIpc) is 2.79. The molecule has 1 atom stereocenters. The highest BCUT2D eigenvalue weighted by atomic mass is 16.1. The molecule has 1 aromatic carbocycles. The molecule has 3 rings (SSSR count). The van der Waals surface area contributed by atoms with E-state index >= 15 is 0 Å². The summed E-state index contributed by atoms with van der Waals surface area (Å²) < 4.78 is 0. The van der Waals surface area contributed by atoms with Gasteiger partial charge in [0.25, 0.3) is 0 Å². The summed E-state index contributed by atoms with van der Waals surface area (Å²) in [7, 11) is 0. The van der Waals surface area contributed by atoms with E-state index in [1.165, 1.54) is 5.56 Å². The van der Waals surface area contributed by atoms with Crippen molar-refractivity contribution in [2.75, 3.05) is 11.9 Å². The summed E-state index contributed by atoms with van der Waals surface area (Å²) in [5.74, 6) is 0.103. The van der Waals surface area contributed by atoms with E-state index in [0.29, 0.717) is 6.42 Å². The molecule has 0 spiro atoms. The first-order chi connectivity index (χ1) is 6.67. The summed E-state index contributed by atoms with van der Waals surface area (Å²) in [4.78, 5) is 11.1. The summed E-state index contributed by atoms with van der Waals surface area (Å²) in [6, 6.07) is 6.22. The van der Waals surface area contributed by atoms with Crippen LogP contribution in [0.1, 0.15) is 18.1 Å². The summed E-state index contributed by atoms with van der Waals surface area (Å²) >= 11 is 0. The van der Waals surface area contributed by atoms with Gasteiger partial charge in [0, 0.05) is 12.2 Å². The van der Waals surface area contributed by atoms with E-state index in [0.717, 1.165) is 17.8 Å². The molecule has 2 heterocycles. The van der Waals surface area contributed by atoms with Crippen molar-refractivity contribution in [2.45, 2.75) is 18.9 Å². The smallest absolute Gasteiger partial charge is 0.228 e. The van der Waals surface area contributed by atoms with Crippen molar-refractivity contribution in [3.8, 4) is 0 Å². The van der Waals surface area contributed by atoms with Gasteiger partial charge in [-0.25, -0.2) is 0 Å². The van der Waals surface area contributed by atoms with Crippen molar-refractivity contribution in [3.05, 3.63) is 29.3 Å². The standard InChI is InChI=1S/C11H12N2O/c1-11(6-12-11)8-2-3-9-7(4-8)5-10(14)13-9/h2-4,12H,5-6H2,1H3,(H,13,14). The Morgan fingerprint density at radius 1 is 1.43 bits per heavy atom. The molecule has 72 valence electrons. The molecular weight excluding hydrogens is 176 g/mol. The van der Waals surface area contributed by atoms with Crippen molar-refractivity contribution >= 4 is 11.6 Å². The number of benzene rings is 1. The van der Waals surface area contributed by atoms with Crippen molar-refractivity contribution < 1.29 is 4.79 Å². The Balaban J connectivity index is 2.04. The minimum absolute atomic E-state index is 0.103. The summed E-state index contributed by atoms with van der Waals surface area (Å²) in [5, 5.41) is 6.16. The van der Waals surface area contributed by atoms with Crippen LogP contribution in [0.2, 0.25) is 0 Å². The molecule has 1 saturated heterocycles. The first-order valence-corrected chi connectivity index (χ1v) is 4.86. The third-order valence-corrected chi connectivity index (χ3v) is 3.07. The molecule has 0 aliphatic carbocycles. The molecule has 1 amide bonds. The number of amides is 1.